The number of hydrogen-bond acceptors (Lipinski definition) is 9. The SMILES string of the molecule is CCCCCCCCCCCCCCCCC(=O)OC(CO)COP(=O)(O)OCC(CO)OC(=O)CCCCCCCCCCCCCC. The molecular formula is C38H75O10P. The van der Waals surface area contributed by atoms with Crippen molar-refractivity contribution in [3.63, 3.8) is 0 Å². The van der Waals surface area contributed by atoms with Crippen LogP contribution in [0.1, 0.15) is 194 Å². The molecule has 0 saturated heterocycles. The van der Waals surface area contributed by atoms with Gasteiger partial charge in [-0.25, -0.2) is 4.57 Å². The summed E-state index contributed by atoms with van der Waals surface area (Å²) in [5, 5.41) is 19.1. The molecule has 10 nitrogen and oxygen atoms in total. The average Bonchev–Trinajstić information content (AvgIpc) is 3.09. The van der Waals surface area contributed by atoms with Crippen molar-refractivity contribution in [3.8, 4) is 0 Å². The Balaban J connectivity index is 3.93. The maximum Gasteiger partial charge on any atom is 0.472 e. The predicted octanol–water partition coefficient (Wildman–Crippen LogP) is 9.89. The monoisotopic (exact) mass is 723 g/mol. The Hall–Kier alpha value is -1.03. The second-order valence-electron chi connectivity index (χ2n) is 13.6. The first kappa shape index (κ1) is 48.0. The third kappa shape index (κ3) is 33.9. The van der Waals surface area contributed by atoms with Crippen LogP contribution < -0.4 is 0 Å². The number of aliphatic hydroxyl groups excluding tert-OH is 2. The normalized spacial score (nSPS) is 14.0. The minimum absolute atomic E-state index is 0.199. The van der Waals surface area contributed by atoms with Crippen molar-refractivity contribution in [2.45, 2.75) is 206 Å². The zero-order valence-electron chi connectivity index (χ0n) is 31.4. The molecule has 292 valence electrons. The van der Waals surface area contributed by atoms with E-state index < -0.39 is 58.4 Å². The van der Waals surface area contributed by atoms with Crippen LogP contribution in [0.3, 0.4) is 0 Å². The molecule has 11 heteroatoms. The van der Waals surface area contributed by atoms with Crippen LogP contribution in [0.15, 0.2) is 0 Å². The number of rotatable bonds is 38. The molecule has 0 aliphatic carbocycles. The Morgan fingerprint density at radius 1 is 0.469 bits per heavy atom. The molecule has 0 aliphatic rings. The molecule has 3 atom stereocenters. The fourth-order valence-electron chi connectivity index (χ4n) is 5.70. The molecule has 0 amide bonds. The standard InChI is InChI=1S/C38H75O10P/c1-3-5-7-9-11-13-15-17-18-20-22-24-26-28-30-38(42)48-36(32-40)34-46-49(43,44)45-33-35(31-39)47-37(41)29-27-25-23-21-19-16-14-12-10-8-6-4-2/h35-36,39-40H,3-34H2,1-2H3,(H,43,44). The van der Waals surface area contributed by atoms with Crippen molar-refractivity contribution in [2.75, 3.05) is 26.4 Å². The summed E-state index contributed by atoms with van der Waals surface area (Å²) in [6, 6.07) is 0. The van der Waals surface area contributed by atoms with Gasteiger partial charge in [0, 0.05) is 12.8 Å². The van der Waals surface area contributed by atoms with Crippen molar-refractivity contribution in [2.24, 2.45) is 0 Å². The Kier molecular flexibility index (Phi) is 34.6. The molecule has 0 saturated carbocycles. The molecule has 0 aromatic heterocycles. The van der Waals surface area contributed by atoms with Gasteiger partial charge in [-0.2, -0.15) is 0 Å². The van der Waals surface area contributed by atoms with Crippen LogP contribution in [-0.4, -0.2) is 65.7 Å². The second-order valence-corrected chi connectivity index (χ2v) is 15.1. The van der Waals surface area contributed by atoms with E-state index in [1.165, 1.54) is 116 Å². The van der Waals surface area contributed by atoms with E-state index in [0.29, 0.717) is 12.8 Å². The Morgan fingerprint density at radius 2 is 0.714 bits per heavy atom. The lowest BCUT2D eigenvalue weighted by atomic mass is 10.0. The Morgan fingerprint density at radius 3 is 0.959 bits per heavy atom. The molecule has 0 heterocycles. The molecular weight excluding hydrogens is 647 g/mol. The maximum absolute atomic E-state index is 12.3. The lowest BCUT2D eigenvalue weighted by molar-refractivity contribution is -0.153. The van der Waals surface area contributed by atoms with Crippen molar-refractivity contribution < 1.29 is 47.8 Å². The topological polar surface area (TPSA) is 149 Å². The van der Waals surface area contributed by atoms with Gasteiger partial charge in [-0.1, -0.05) is 168 Å². The lowest BCUT2D eigenvalue weighted by Crippen LogP contribution is -2.28. The number of phosphoric acid groups is 1. The van der Waals surface area contributed by atoms with E-state index in [1.807, 2.05) is 0 Å². The van der Waals surface area contributed by atoms with E-state index >= 15 is 0 Å². The number of carbonyl (C=O) groups excluding carboxylic acids is 2. The number of esters is 2. The highest BCUT2D eigenvalue weighted by Gasteiger charge is 2.27. The maximum atomic E-state index is 12.3. The van der Waals surface area contributed by atoms with E-state index in [4.69, 9.17) is 18.5 Å². The molecule has 0 radical (unpaired) electrons. The summed E-state index contributed by atoms with van der Waals surface area (Å²) in [7, 11) is -4.62. The van der Waals surface area contributed by atoms with Gasteiger partial charge in [0.25, 0.3) is 0 Å². The lowest BCUT2D eigenvalue weighted by Gasteiger charge is -2.20. The summed E-state index contributed by atoms with van der Waals surface area (Å²) in [6.45, 7) is 2.22. The average molecular weight is 723 g/mol. The van der Waals surface area contributed by atoms with Crippen molar-refractivity contribution in [3.05, 3.63) is 0 Å². The number of unbranched alkanes of at least 4 members (excludes halogenated alkanes) is 24. The zero-order chi connectivity index (χ0) is 36.3. The van der Waals surface area contributed by atoms with Gasteiger partial charge in [0.2, 0.25) is 0 Å². The fourth-order valence-corrected chi connectivity index (χ4v) is 6.49. The summed E-state index contributed by atoms with van der Waals surface area (Å²) in [6.07, 6.45) is 29.3. The Labute approximate surface area is 299 Å². The summed E-state index contributed by atoms with van der Waals surface area (Å²) < 4.78 is 32.5. The van der Waals surface area contributed by atoms with Gasteiger partial charge < -0.3 is 24.6 Å². The third-order valence-electron chi connectivity index (χ3n) is 8.82. The quantitative estimate of drug-likeness (QED) is 0.0319. The van der Waals surface area contributed by atoms with Gasteiger partial charge in [-0.05, 0) is 12.8 Å². The van der Waals surface area contributed by atoms with Gasteiger partial charge >= 0.3 is 19.8 Å². The van der Waals surface area contributed by atoms with Crippen LogP contribution in [0.5, 0.6) is 0 Å². The smallest absolute Gasteiger partial charge is 0.457 e. The van der Waals surface area contributed by atoms with E-state index in [2.05, 4.69) is 13.8 Å². The zero-order valence-corrected chi connectivity index (χ0v) is 32.3. The van der Waals surface area contributed by atoms with Gasteiger partial charge in [0.1, 0.15) is 12.2 Å². The number of hydrogen-bond donors (Lipinski definition) is 3. The van der Waals surface area contributed by atoms with Crippen LogP contribution in [0.25, 0.3) is 0 Å². The molecule has 0 fully saturated rings. The van der Waals surface area contributed by atoms with Crippen molar-refractivity contribution in [1.82, 2.24) is 0 Å². The van der Waals surface area contributed by atoms with Crippen LogP contribution in [0, 0.1) is 0 Å². The van der Waals surface area contributed by atoms with Gasteiger partial charge in [0.15, 0.2) is 0 Å². The van der Waals surface area contributed by atoms with Crippen LogP contribution in [0.4, 0.5) is 0 Å². The highest BCUT2D eigenvalue weighted by molar-refractivity contribution is 7.47. The number of ether oxygens (including phenoxy) is 2. The van der Waals surface area contributed by atoms with E-state index in [0.717, 1.165) is 38.5 Å². The first-order valence-corrected chi connectivity index (χ1v) is 21.5. The summed E-state index contributed by atoms with van der Waals surface area (Å²) in [5.41, 5.74) is 0. The largest absolute Gasteiger partial charge is 0.472 e. The van der Waals surface area contributed by atoms with Crippen molar-refractivity contribution in [1.29, 1.82) is 0 Å². The minimum atomic E-state index is -4.62. The van der Waals surface area contributed by atoms with E-state index in [-0.39, 0.29) is 12.8 Å². The van der Waals surface area contributed by atoms with Crippen molar-refractivity contribution >= 4 is 19.8 Å². The van der Waals surface area contributed by atoms with Gasteiger partial charge in [-0.15, -0.1) is 0 Å². The number of carbonyl (C=O) groups is 2. The van der Waals surface area contributed by atoms with Crippen LogP contribution >= 0.6 is 7.82 Å². The van der Waals surface area contributed by atoms with E-state index in [1.54, 1.807) is 0 Å². The molecule has 0 aromatic rings. The first-order valence-electron chi connectivity index (χ1n) is 20.0. The number of aliphatic hydroxyl groups is 2. The molecule has 0 rings (SSSR count). The van der Waals surface area contributed by atoms with E-state index in [9.17, 15) is 29.3 Å². The number of phosphoric ester groups is 1. The summed E-state index contributed by atoms with van der Waals surface area (Å²) in [5.74, 6) is -1.01. The van der Waals surface area contributed by atoms with Gasteiger partial charge in [-0.3, -0.25) is 18.6 Å². The molecule has 49 heavy (non-hydrogen) atoms. The fraction of sp³-hybridized carbons (Fsp3) is 0.947. The highest BCUT2D eigenvalue weighted by Crippen LogP contribution is 2.43. The van der Waals surface area contributed by atoms with Gasteiger partial charge in [0.05, 0.1) is 26.4 Å². The van der Waals surface area contributed by atoms with Crippen LogP contribution in [0.2, 0.25) is 0 Å². The summed E-state index contributed by atoms with van der Waals surface area (Å²) in [4.78, 5) is 34.4. The predicted molar refractivity (Wildman–Crippen MR) is 196 cm³/mol. The molecule has 0 aliphatic heterocycles. The molecule has 0 bridgehead atoms. The molecule has 0 spiro atoms. The molecule has 3 unspecified atom stereocenters. The summed E-state index contributed by atoms with van der Waals surface area (Å²) >= 11 is 0. The molecule has 3 N–H and O–H groups in total. The second kappa shape index (κ2) is 35.4. The third-order valence-corrected chi connectivity index (χ3v) is 9.77. The van der Waals surface area contributed by atoms with Crippen LogP contribution in [-0.2, 0) is 32.7 Å². The minimum Gasteiger partial charge on any atom is -0.457 e. The molecule has 0 aromatic carbocycles. The highest BCUT2D eigenvalue weighted by atomic mass is 31.2. The first-order chi connectivity index (χ1) is 23.8. The Bertz CT molecular complexity index is 796.